The predicted octanol–water partition coefficient (Wildman–Crippen LogP) is 2.54. The summed E-state index contributed by atoms with van der Waals surface area (Å²) in [5, 5.41) is 6.67. The van der Waals surface area contributed by atoms with Crippen molar-refractivity contribution in [3.8, 4) is 0 Å². The van der Waals surface area contributed by atoms with Crippen LogP contribution in [0.25, 0.3) is 0 Å². The highest BCUT2D eigenvalue weighted by Gasteiger charge is 2.34. The minimum absolute atomic E-state index is 0.175. The number of rotatable bonds is 4. The molecule has 1 saturated carbocycles. The average Bonchev–Trinajstić information content (AvgIpc) is 3.28. The summed E-state index contributed by atoms with van der Waals surface area (Å²) in [7, 11) is 0. The van der Waals surface area contributed by atoms with Gasteiger partial charge in [0, 0.05) is 36.4 Å². The van der Waals surface area contributed by atoms with E-state index in [4.69, 9.17) is 0 Å². The van der Waals surface area contributed by atoms with Crippen molar-refractivity contribution in [3.05, 3.63) is 24.3 Å². The molecule has 21 heavy (non-hydrogen) atoms. The quantitative estimate of drug-likeness (QED) is 0.893. The number of carbonyl (C=O) groups is 1. The molecule has 1 amide bonds. The Morgan fingerprint density at radius 3 is 2.48 bits per heavy atom. The highest BCUT2D eigenvalue weighted by Crippen LogP contribution is 2.31. The summed E-state index contributed by atoms with van der Waals surface area (Å²) >= 11 is 0. The van der Waals surface area contributed by atoms with Gasteiger partial charge in [0.25, 0.3) is 0 Å². The van der Waals surface area contributed by atoms with E-state index in [1.807, 2.05) is 12.1 Å². The fourth-order valence-corrected chi connectivity index (χ4v) is 3.60. The van der Waals surface area contributed by atoms with Crippen LogP contribution in [0.15, 0.2) is 24.3 Å². The Labute approximate surface area is 125 Å². The molecular formula is C17H23N3O. The van der Waals surface area contributed by atoms with Gasteiger partial charge in [0.15, 0.2) is 0 Å². The number of nitrogens with one attached hydrogen (secondary N) is 2. The molecule has 4 nitrogen and oxygen atoms in total. The maximum Gasteiger partial charge on any atom is 0.227 e. The molecule has 1 aliphatic carbocycles. The molecule has 2 aliphatic heterocycles. The maximum absolute atomic E-state index is 11.7. The van der Waals surface area contributed by atoms with Crippen LogP contribution in [0.1, 0.15) is 25.7 Å². The highest BCUT2D eigenvalue weighted by molar-refractivity contribution is 5.94. The van der Waals surface area contributed by atoms with E-state index in [0.29, 0.717) is 6.04 Å². The van der Waals surface area contributed by atoms with E-state index >= 15 is 0 Å². The summed E-state index contributed by atoms with van der Waals surface area (Å²) in [5.41, 5.74) is 2.08. The first-order valence-corrected chi connectivity index (χ1v) is 8.18. The Balaban J connectivity index is 1.36. The second-order valence-corrected chi connectivity index (χ2v) is 6.73. The van der Waals surface area contributed by atoms with Gasteiger partial charge in [-0.05, 0) is 62.4 Å². The SMILES string of the molecule is O=C(Nc1ccc(NC2CCN3CCC2C3)cc1)C1CC1. The molecule has 3 fully saturated rings. The van der Waals surface area contributed by atoms with Crippen LogP contribution in [0.5, 0.6) is 0 Å². The fraction of sp³-hybridized carbons (Fsp3) is 0.588. The summed E-state index contributed by atoms with van der Waals surface area (Å²) in [5.74, 6) is 1.23. The first kappa shape index (κ1) is 13.1. The van der Waals surface area contributed by atoms with Crippen LogP contribution in [0.3, 0.4) is 0 Å². The molecule has 4 heteroatoms. The predicted molar refractivity (Wildman–Crippen MR) is 84.4 cm³/mol. The first-order valence-electron chi connectivity index (χ1n) is 8.18. The van der Waals surface area contributed by atoms with Gasteiger partial charge >= 0.3 is 0 Å². The summed E-state index contributed by atoms with van der Waals surface area (Å²) in [6, 6.07) is 8.79. The molecule has 2 N–H and O–H groups in total. The standard InChI is InChI=1S/C17H23N3O/c21-17(12-1-2-12)19-15-5-3-14(4-6-15)18-16-8-10-20-9-7-13(16)11-20/h3-6,12-13,16,18H,1-2,7-11H2,(H,19,21). The second-order valence-electron chi connectivity index (χ2n) is 6.73. The number of anilines is 2. The maximum atomic E-state index is 11.7. The Morgan fingerprint density at radius 2 is 1.71 bits per heavy atom. The number of hydrogen-bond donors (Lipinski definition) is 2. The molecule has 3 aliphatic rings. The van der Waals surface area contributed by atoms with Crippen LogP contribution in [0, 0.1) is 11.8 Å². The van der Waals surface area contributed by atoms with Crippen molar-refractivity contribution in [2.75, 3.05) is 30.3 Å². The third-order valence-electron chi connectivity index (χ3n) is 5.09. The molecule has 3 atom stereocenters. The highest BCUT2D eigenvalue weighted by atomic mass is 16.2. The van der Waals surface area contributed by atoms with Gasteiger partial charge in [0.2, 0.25) is 5.91 Å². The normalized spacial score (nSPS) is 31.0. The lowest BCUT2D eigenvalue weighted by Crippen LogP contribution is -2.39. The minimum atomic E-state index is 0.175. The van der Waals surface area contributed by atoms with Gasteiger partial charge in [-0.2, -0.15) is 0 Å². The van der Waals surface area contributed by atoms with Gasteiger partial charge in [-0.3, -0.25) is 4.79 Å². The van der Waals surface area contributed by atoms with E-state index in [0.717, 1.165) is 24.4 Å². The number of amides is 1. The smallest absolute Gasteiger partial charge is 0.227 e. The Bertz CT molecular complexity index is 523. The Hall–Kier alpha value is -1.55. The van der Waals surface area contributed by atoms with E-state index in [1.54, 1.807) is 0 Å². The largest absolute Gasteiger partial charge is 0.382 e. The van der Waals surface area contributed by atoms with Gasteiger partial charge in [-0.1, -0.05) is 0 Å². The second kappa shape index (κ2) is 5.34. The van der Waals surface area contributed by atoms with Crippen LogP contribution in [-0.4, -0.2) is 36.5 Å². The van der Waals surface area contributed by atoms with E-state index in [-0.39, 0.29) is 11.8 Å². The topological polar surface area (TPSA) is 44.4 Å². The number of carbonyl (C=O) groups excluding carboxylic acids is 1. The number of fused-ring (bicyclic) bond motifs is 2. The van der Waals surface area contributed by atoms with Crippen molar-refractivity contribution in [2.24, 2.45) is 11.8 Å². The molecule has 4 rings (SSSR count). The number of benzene rings is 1. The monoisotopic (exact) mass is 285 g/mol. The third-order valence-corrected chi connectivity index (χ3v) is 5.09. The van der Waals surface area contributed by atoms with Crippen LogP contribution < -0.4 is 10.6 Å². The zero-order valence-corrected chi connectivity index (χ0v) is 12.3. The average molecular weight is 285 g/mol. The van der Waals surface area contributed by atoms with Crippen molar-refractivity contribution >= 4 is 17.3 Å². The molecule has 2 heterocycles. The van der Waals surface area contributed by atoms with Crippen LogP contribution in [0.4, 0.5) is 11.4 Å². The van der Waals surface area contributed by atoms with Crippen LogP contribution in [0.2, 0.25) is 0 Å². The van der Waals surface area contributed by atoms with Gasteiger partial charge in [-0.15, -0.1) is 0 Å². The first-order chi connectivity index (χ1) is 10.3. The lowest BCUT2D eigenvalue weighted by molar-refractivity contribution is -0.117. The molecule has 0 aromatic heterocycles. The van der Waals surface area contributed by atoms with E-state index < -0.39 is 0 Å². The van der Waals surface area contributed by atoms with Crippen molar-refractivity contribution in [2.45, 2.75) is 31.7 Å². The summed E-state index contributed by atoms with van der Waals surface area (Å²) < 4.78 is 0. The van der Waals surface area contributed by atoms with Crippen molar-refractivity contribution < 1.29 is 4.79 Å². The number of piperidine rings is 1. The number of hydrogen-bond acceptors (Lipinski definition) is 3. The fourth-order valence-electron chi connectivity index (χ4n) is 3.60. The molecule has 1 aromatic carbocycles. The molecule has 112 valence electrons. The lowest BCUT2D eigenvalue weighted by atomic mass is 9.94. The molecule has 1 aromatic rings. The van der Waals surface area contributed by atoms with Crippen molar-refractivity contribution in [1.29, 1.82) is 0 Å². The van der Waals surface area contributed by atoms with Gasteiger partial charge in [0.05, 0.1) is 0 Å². The zero-order chi connectivity index (χ0) is 14.2. The molecule has 3 unspecified atom stereocenters. The van der Waals surface area contributed by atoms with Gasteiger partial charge in [-0.25, -0.2) is 0 Å². The van der Waals surface area contributed by atoms with Crippen molar-refractivity contribution in [3.63, 3.8) is 0 Å². The molecule has 0 spiro atoms. The molecule has 2 saturated heterocycles. The third kappa shape index (κ3) is 2.91. The van der Waals surface area contributed by atoms with Crippen LogP contribution in [-0.2, 0) is 4.79 Å². The molecule has 0 radical (unpaired) electrons. The molecular weight excluding hydrogens is 262 g/mol. The summed E-state index contributed by atoms with van der Waals surface area (Å²) in [6.07, 6.45) is 4.66. The van der Waals surface area contributed by atoms with E-state index in [1.165, 1.54) is 38.2 Å². The summed E-state index contributed by atoms with van der Waals surface area (Å²) in [4.78, 5) is 14.3. The minimum Gasteiger partial charge on any atom is -0.382 e. The lowest BCUT2D eigenvalue weighted by Gasteiger charge is -2.31. The number of nitrogens with zero attached hydrogens (tertiary/aromatic N) is 1. The Kier molecular flexibility index (Phi) is 3.34. The Morgan fingerprint density at radius 1 is 1.00 bits per heavy atom. The van der Waals surface area contributed by atoms with Crippen molar-refractivity contribution in [1.82, 2.24) is 4.90 Å². The van der Waals surface area contributed by atoms with Crippen LogP contribution >= 0.6 is 0 Å². The summed E-state index contributed by atoms with van der Waals surface area (Å²) in [6.45, 7) is 3.76. The van der Waals surface area contributed by atoms with Gasteiger partial charge in [0.1, 0.15) is 0 Å². The molecule has 2 bridgehead atoms. The van der Waals surface area contributed by atoms with E-state index in [9.17, 15) is 4.79 Å². The van der Waals surface area contributed by atoms with E-state index in [2.05, 4.69) is 27.7 Å². The van der Waals surface area contributed by atoms with Gasteiger partial charge < -0.3 is 15.5 Å². The zero-order valence-electron chi connectivity index (χ0n) is 12.3.